The first-order valence-corrected chi connectivity index (χ1v) is 9.34. The van der Waals surface area contributed by atoms with Crippen molar-refractivity contribution in [1.82, 2.24) is 0 Å². The molecule has 0 aliphatic carbocycles. The standard InChI is InChI=1S/C21H20.2C2H6/c1-18(20-14-8-4-9-15-20)12-6-3-7-13-19(2)21-16-10-5-11-17-21;2*1-2/h4-5,8-11,14-19H,3H2,1-2H3;2*1-2H3. The molecular formula is C25H32. The third kappa shape index (κ3) is 9.44. The summed E-state index contributed by atoms with van der Waals surface area (Å²) in [4.78, 5) is 0. The Hall–Kier alpha value is -2.44. The van der Waals surface area contributed by atoms with E-state index < -0.39 is 0 Å². The Kier molecular flexibility index (Phi) is 13.6. The van der Waals surface area contributed by atoms with Crippen LogP contribution in [0, 0.1) is 23.7 Å². The summed E-state index contributed by atoms with van der Waals surface area (Å²) in [5.41, 5.74) is 2.52. The quantitative estimate of drug-likeness (QED) is 0.517. The van der Waals surface area contributed by atoms with Crippen molar-refractivity contribution in [2.75, 3.05) is 0 Å². The highest BCUT2D eigenvalue weighted by molar-refractivity contribution is 5.30. The largest absolute Gasteiger partial charge is 0.0944 e. The summed E-state index contributed by atoms with van der Waals surface area (Å²) >= 11 is 0. The Labute approximate surface area is 155 Å². The molecule has 0 aliphatic rings. The average molecular weight is 333 g/mol. The molecule has 0 saturated heterocycles. The van der Waals surface area contributed by atoms with Gasteiger partial charge in [-0.05, 0) is 25.0 Å². The molecule has 2 unspecified atom stereocenters. The molecule has 2 aromatic rings. The van der Waals surface area contributed by atoms with Crippen LogP contribution in [-0.2, 0) is 0 Å². The van der Waals surface area contributed by atoms with Gasteiger partial charge in [-0.3, -0.25) is 0 Å². The number of hydrogen-bond donors (Lipinski definition) is 0. The van der Waals surface area contributed by atoms with E-state index in [0.29, 0.717) is 6.42 Å². The second-order valence-electron chi connectivity index (χ2n) is 5.08. The third-order valence-corrected chi connectivity index (χ3v) is 3.41. The van der Waals surface area contributed by atoms with E-state index in [9.17, 15) is 0 Å². The summed E-state index contributed by atoms with van der Waals surface area (Å²) in [6.07, 6.45) is 0.633. The maximum atomic E-state index is 3.26. The van der Waals surface area contributed by atoms with Crippen LogP contribution in [0.4, 0.5) is 0 Å². The molecule has 0 nitrogen and oxygen atoms in total. The van der Waals surface area contributed by atoms with Gasteiger partial charge in [0.15, 0.2) is 0 Å². The molecule has 132 valence electrons. The van der Waals surface area contributed by atoms with Crippen molar-refractivity contribution in [2.45, 2.75) is 59.8 Å². The first-order valence-electron chi connectivity index (χ1n) is 9.34. The van der Waals surface area contributed by atoms with Crippen LogP contribution in [0.25, 0.3) is 0 Å². The molecule has 0 bridgehead atoms. The summed E-state index contributed by atoms with van der Waals surface area (Å²) in [5.74, 6) is 13.4. The van der Waals surface area contributed by atoms with Gasteiger partial charge in [-0.1, -0.05) is 112 Å². The molecule has 0 heterocycles. The number of rotatable bonds is 2. The van der Waals surface area contributed by atoms with Crippen molar-refractivity contribution in [2.24, 2.45) is 0 Å². The predicted octanol–water partition coefficient (Wildman–Crippen LogP) is 7.04. The maximum Gasteiger partial charge on any atom is 0.0703 e. The van der Waals surface area contributed by atoms with Crippen LogP contribution < -0.4 is 0 Å². The molecule has 0 aliphatic heterocycles. The number of hydrogen-bond acceptors (Lipinski definition) is 0. The lowest BCUT2D eigenvalue weighted by Gasteiger charge is -2.02. The van der Waals surface area contributed by atoms with Crippen LogP contribution >= 0.6 is 0 Å². The molecule has 0 amide bonds. The fourth-order valence-corrected chi connectivity index (χ4v) is 2.10. The van der Waals surface area contributed by atoms with Crippen LogP contribution in [0.1, 0.15) is 70.9 Å². The highest BCUT2D eigenvalue weighted by Crippen LogP contribution is 2.13. The summed E-state index contributed by atoms with van der Waals surface area (Å²) in [6.45, 7) is 12.3. The molecule has 0 saturated carbocycles. The lowest BCUT2D eigenvalue weighted by Crippen LogP contribution is -1.88. The van der Waals surface area contributed by atoms with Crippen molar-refractivity contribution in [3.63, 3.8) is 0 Å². The lowest BCUT2D eigenvalue weighted by atomic mass is 10.0. The molecular weight excluding hydrogens is 300 g/mol. The predicted molar refractivity (Wildman–Crippen MR) is 113 cm³/mol. The molecule has 0 radical (unpaired) electrons. The fourth-order valence-electron chi connectivity index (χ4n) is 2.10. The van der Waals surface area contributed by atoms with Gasteiger partial charge in [0.1, 0.15) is 0 Å². The van der Waals surface area contributed by atoms with Crippen molar-refractivity contribution in [3.05, 3.63) is 71.8 Å². The van der Waals surface area contributed by atoms with Gasteiger partial charge < -0.3 is 0 Å². The van der Waals surface area contributed by atoms with Crippen molar-refractivity contribution in [1.29, 1.82) is 0 Å². The van der Waals surface area contributed by atoms with Crippen molar-refractivity contribution < 1.29 is 0 Å². The summed E-state index contributed by atoms with van der Waals surface area (Å²) in [7, 11) is 0. The second-order valence-corrected chi connectivity index (χ2v) is 5.08. The highest BCUT2D eigenvalue weighted by Gasteiger charge is 1.99. The molecule has 0 spiro atoms. The van der Waals surface area contributed by atoms with Crippen LogP contribution in [0.3, 0.4) is 0 Å². The summed E-state index contributed by atoms with van der Waals surface area (Å²) in [6, 6.07) is 20.7. The van der Waals surface area contributed by atoms with Gasteiger partial charge in [0.25, 0.3) is 0 Å². The Balaban J connectivity index is 0.00000134. The minimum absolute atomic E-state index is 0.263. The van der Waals surface area contributed by atoms with Crippen LogP contribution in [0.2, 0.25) is 0 Å². The monoisotopic (exact) mass is 332 g/mol. The Morgan fingerprint density at radius 3 is 1.24 bits per heavy atom. The van der Waals surface area contributed by atoms with E-state index in [0.717, 1.165) is 0 Å². The van der Waals surface area contributed by atoms with E-state index in [-0.39, 0.29) is 11.8 Å². The zero-order chi connectivity index (χ0) is 18.9. The van der Waals surface area contributed by atoms with Gasteiger partial charge in [-0.2, -0.15) is 0 Å². The highest BCUT2D eigenvalue weighted by atomic mass is 14.0. The van der Waals surface area contributed by atoms with E-state index >= 15 is 0 Å². The van der Waals surface area contributed by atoms with Gasteiger partial charge in [0, 0.05) is 11.8 Å². The summed E-state index contributed by atoms with van der Waals surface area (Å²) < 4.78 is 0. The molecule has 25 heavy (non-hydrogen) atoms. The third-order valence-electron chi connectivity index (χ3n) is 3.41. The van der Waals surface area contributed by atoms with Gasteiger partial charge in [0.2, 0.25) is 0 Å². The zero-order valence-corrected chi connectivity index (χ0v) is 16.6. The van der Waals surface area contributed by atoms with Crippen LogP contribution in [-0.4, -0.2) is 0 Å². The smallest absolute Gasteiger partial charge is 0.0703 e. The van der Waals surface area contributed by atoms with Crippen molar-refractivity contribution in [3.8, 4) is 23.7 Å². The molecule has 2 aromatic carbocycles. The van der Waals surface area contributed by atoms with Gasteiger partial charge >= 0.3 is 0 Å². The molecule has 0 aromatic heterocycles. The van der Waals surface area contributed by atoms with Gasteiger partial charge in [-0.25, -0.2) is 0 Å². The van der Waals surface area contributed by atoms with E-state index in [1.165, 1.54) is 11.1 Å². The van der Waals surface area contributed by atoms with E-state index in [1.54, 1.807) is 0 Å². The van der Waals surface area contributed by atoms with E-state index in [1.807, 2.05) is 39.8 Å². The Morgan fingerprint density at radius 2 is 0.920 bits per heavy atom. The SMILES string of the molecule is CC.CC.CC(C#CCC#CC(C)c1ccccc1)c1ccccc1. The van der Waals surface area contributed by atoms with Crippen molar-refractivity contribution >= 4 is 0 Å². The van der Waals surface area contributed by atoms with E-state index in [2.05, 4.69) is 86.1 Å². The Morgan fingerprint density at radius 1 is 0.600 bits per heavy atom. The van der Waals surface area contributed by atoms with E-state index in [4.69, 9.17) is 0 Å². The van der Waals surface area contributed by atoms with Crippen LogP contribution in [0.5, 0.6) is 0 Å². The fraction of sp³-hybridized carbons (Fsp3) is 0.360. The molecule has 0 fully saturated rings. The topological polar surface area (TPSA) is 0 Å². The lowest BCUT2D eigenvalue weighted by molar-refractivity contribution is 1.000. The average Bonchev–Trinajstić information content (AvgIpc) is 2.71. The first-order chi connectivity index (χ1) is 12.3. The minimum Gasteiger partial charge on any atom is -0.0944 e. The van der Waals surface area contributed by atoms with Crippen LogP contribution in [0.15, 0.2) is 60.7 Å². The Bertz CT molecular complexity index is 598. The summed E-state index contributed by atoms with van der Waals surface area (Å²) in [5, 5.41) is 0. The first kappa shape index (κ1) is 22.6. The molecule has 0 heteroatoms. The maximum absolute atomic E-state index is 3.26. The van der Waals surface area contributed by atoms with Gasteiger partial charge in [-0.15, -0.1) is 0 Å². The minimum atomic E-state index is 0.263. The zero-order valence-electron chi connectivity index (χ0n) is 16.6. The molecule has 0 N–H and O–H groups in total. The second kappa shape index (κ2) is 15.1. The number of benzene rings is 2. The molecule has 2 rings (SSSR count). The van der Waals surface area contributed by atoms with Gasteiger partial charge in [0.05, 0.1) is 6.42 Å². The normalized spacial score (nSPS) is 10.8. The molecule has 2 atom stereocenters.